The zero-order valence-corrected chi connectivity index (χ0v) is 19.3. The third-order valence-electron chi connectivity index (χ3n) is 4.90. The lowest BCUT2D eigenvalue weighted by Gasteiger charge is -2.28. The summed E-state index contributed by atoms with van der Waals surface area (Å²) in [4.78, 5) is 25.3. The van der Waals surface area contributed by atoms with Crippen molar-refractivity contribution >= 4 is 33.7 Å². The van der Waals surface area contributed by atoms with Crippen molar-refractivity contribution in [1.29, 1.82) is 0 Å². The molecule has 0 aliphatic heterocycles. The van der Waals surface area contributed by atoms with E-state index < -0.39 is 33.7 Å². The first-order valence-electron chi connectivity index (χ1n) is 10.4. The monoisotopic (exact) mass is 458 g/mol. The van der Waals surface area contributed by atoms with Gasteiger partial charge in [0.25, 0.3) is 0 Å². The first kappa shape index (κ1) is 25.1. The van der Waals surface area contributed by atoms with E-state index in [2.05, 4.69) is 5.43 Å². The van der Waals surface area contributed by atoms with E-state index in [0.29, 0.717) is 6.42 Å². The second-order valence-electron chi connectivity index (χ2n) is 8.07. The fourth-order valence-corrected chi connectivity index (χ4v) is 4.16. The number of aliphatic carboxylic acids is 1. The summed E-state index contributed by atoms with van der Waals surface area (Å²) in [6, 6.07) is 17.6. The second kappa shape index (κ2) is 11.5. The smallest absolute Gasteiger partial charge is 0.307 e. The summed E-state index contributed by atoms with van der Waals surface area (Å²) in [5.74, 6) is -3.63. The largest absolute Gasteiger partial charge is 0.481 e. The molecule has 32 heavy (non-hydrogen) atoms. The van der Waals surface area contributed by atoms with Crippen LogP contribution in [0.2, 0.25) is 0 Å². The molecule has 0 saturated carbocycles. The molecule has 7 nitrogen and oxygen atoms in total. The summed E-state index contributed by atoms with van der Waals surface area (Å²) < 4.78 is 25.5. The molecule has 0 spiro atoms. The van der Waals surface area contributed by atoms with Gasteiger partial charge in [-0.25, -0.2) is 8.42 Å². The fourth-order valence-electron chi connectivity index (χ4n) is 3.40. The van der Waals surface area contributed by atoms with Gasteiger partial charge in [0.15, 0.2) is 0 Å². The summed E-state index contributed by atoms with van der Waals surface area (Å²) in [5, 5.41) is 9.87. The van der Waals surface area contributed by atoms with Crippen molar-refractivity contribution in [3.05, 3.63) is 72.3 Å². The Morgan fingerprint density at radius 3 is 2.06 bits per heavy atom. The summed E-state index contributed by atoms with van der Waals surface area (Å²) in [6.07, 6.45) is 4.97. The predicted molar refractivity (Wildman–Crippen MR) is 126 cm³/mol. The first-order valence-corrected chi connectivity index (χ1v) is 12.2. The molecule has 2 atom stereocenters. The molecule has 0 aromatic heterocycles. The van der Waals surface area contributed by atoms with Gasteiger partial charge in [0, 0.05) is 0 Å². The molecule has 2 N–H and O–H groups in total. The molecule has 1 amide bonds. The number of hydrazine groups is 1. The number of carbonyl (C=O) groups is 2. The molecule has 172 valence electrons. The van der Waals surface area contributed by atoms with Gasteiger partial charge in [-0.3, -0.25) is 15.0 Å². The van der Waals surface area contributed by atoms with Gasteiger partial charge in [0.2, 0.25) is 15.9 Å². The minimum absolute atomic E-state index is 0.0362. The summed E-state index contributed by atoms with van der Waals surface area (Å²) in [7, 11) is -3.83. The van der Waals surface area contributed by atoms with Gasteiger partial charge in [0.05, 0.1) is 23.8 Å². The number of nitrogens with one attached hydrogen (secondary N) is 1. The van der Waals surface area contributed by atoms with Gasteiger partial charge in [-0.1, -0.05) is 74.5 Å². The zero-order valence-electron chi connectivity index (χ0n) is 18.5. The van der Waals surface area contributed by atoms with Crippen LogP contribution in [0.4, 0.5) is 5.69 Å². The lowest BCUT2D eigenvalue weighted by Crippen LogP contribution is -2.50. The number of nitrogens with zero attached hydrogens (tertiary/aromatic N) is 1. The number of sulfonamides is 1. The molecule has 2 aromatic rings. The molecule has 2 aromatic carbocycles. The fraction of sp³-hybridized carbons (Fsp3) is 0.333. The van der Waals surface area contributed by atoms with E-state index in [9.17, 15) is 23.1 Å². The van der Waals surface area contributed by atoms with Crippen molar-refractivity contribution in [2.45, 2.75) is 26.7 Å². The molecule has 0 fully saturated rings. The van der Waals surface area contributed by atoms with Crippen molar-refractivity contribution in [2.24, 2.45) is 17.8 Å². The number of amides is 1. The number of hydrogen-bond donors (Lipinski definition) is 2. The van der Waals surface area contributed by atoms with Gasteiger partial charge in [-0.05, 0) is 36.5 Å². The highest BCUT2D eigenvalue weighted by Gasteiger charge is 2.35. The maximum atomic E-state index is 13.2. The Labute approximate surface area is 189 Å². The predicted octanol–water partition coefficient (Wildman–Crippen LogP) is 3.95. The molecular weight excluding hydrogens is 428 g/mol. The minimum Gasteiger partial charge on any atom is -0.481 e. The van der Waals surface area contributed by atoms with Gasteiger partial charge in [-0.15, -0.1) is 0 Å². The first-order chi connectivity index (χ1) is 15.1. The van der Waals surface area contributed by atoms with E-state index in [1.54, 1.807) is 36.4 Å². The zero-order chi connectivity index (χ0) is 23.7. The number of para-hydroxylation sites is 1. The number of rotatable bonds is 11. The highest BCUT2D eigenvalue weighted by atomic mass is 32.2. The Kier molecular flexibility index (Phi) is 9.02. The van der Waals surface area contributed by atoms with E-state index in [4.69, 9.17) is 0 Å². The number of carboxylic acid groups (broad SMARTS) is 1. The normalized spacial score (nSPS) is 13.6. The molecule has 0 saturated heterocycles. The van der Waals surface area contributed by atoms with Crippen molar-refractivity contribution in [3.8, 4) is 0 Å². The molecule has 0 bridgehead atoms. The Hall–Kier alpha value is -3.13. The molecule has 0 aliphatic carbocycles. The summed E-state index contributed by atoms with van der Waals surface area (Å²) in [6.45, 7) is 3.79. The van der Waals surface area contributed by atoms with E-state index in [1.165, 1.54) is 0 Å². The third kappa shape index (κ3) is 7.53. The SMILES string of the molecule is CC(C)C[C@@H](C(=O)NN(c1ccccc1)S(C)(=O)=O)[C@H](C/C=C/c1ccccc1)C(=O)O. The standard InChI is InChI=1S/C24H30N2O5S/c1-18(2)17-22(21(24(28)29)16-10-13-19-11-6-4-7-12-19)23(27)25-26(32(3,30)31)20-14-8-5-9-15-20/h4-15,18,21-22H,16-17H2,1-3H3,(H,25,27)(H,28,29)/b13-10+/t21-,22+/m0/s1. The molecule has 2 rings (SSSR count). The van der Waals surface area contributed by atoms with Crippen molar-refractivity contribution in [3.63, 3.8) is 0 Å². The van der Waals surface area contributed by atoms with Crippen LogP contribution in [0.25, 0.3) is 6.08 Å². The van der Waals surface area contributed by atoms with Crippen LogP contribution in [0.3, 0.4) is 0 Å². The highest BCUT2D eigenvalue weighted by molar-refractivity contribution is 7.92. The summed E-state index contributed by atoms with van der Waals surface area (Å²) in [5.41, 5.74) is 3.63. The Morgan fingerprint density at radius 1 is 1.00 bits per heavy atom. The van der Waals surface area contributed by atoms with Crippen LogP contribution < -0.4 is 9.84 Å². The minimum atomic E-state index is -3.83. The molecule has 0 unspecified atom stereocenters. The van der Waals surface area contributed by atoms with E-state index in [-0.39, 0.29) is 18.0 Å². The molecular formula is C24H30N2O5S. The lowest BCUT2D eigenvalue weighted by atomic mass is 9.82. The number of carboxylic acids is 1. The van der Waals surface area contributed by atoms with Crippen molar-refractivity contribution in [2.75, 3.05) is 10.7 Å². The Balaban J connectivity index is 2.29. The van der Waals surface area contributed by atoms with Gasteiger partial charge >= 0.3 is 5.97 Å². The van der Waals surface area contributed by atoms with E-state index in [0.717, 1.165) is 16.2 Å². The number of allylic oxidation sites excluding steroid dienone is 1. The van der Waals surface area contributed by atoms with E-state index >= 15 is 0 Å². The van der Waals surface area contributed by atoms with Crippen LogP contribution in [0.5, 0.6) is 0 Å². The molecule has 0 radical (unpaired) electrons. The van der Waals surface area contributed by atoms with Gasteiger partial charge < -0.3 is 5.11 Å². The van der Waals surface area contributed by atoms with Gasteiger partial charge in [0.1, 0.15) is 0 Å². The average Bonchev–Trinajstić information content (AvgIpc) is 2.73. The average molecular weight is 459 g/mol. The lowest BCUT2D eigenvalue weighted by molar-refractivity contribution is -0.147. The van der Waals surface area contributed by atoms with Crippen LogP contribution in [-0.4, -0.2) is 31.7 Å². The number of anilines is 1. The topological polar surface area (TPSA) is 104 Å². The second-order valence-corrected chi connectivity index (χ2v) is 9.90. The van der Waals surface area contributed by atoms with Crippen LogP contribution in [0, 0.1) is 17.8 Å². The highest BCUT2D eigenvalue weighted by Crippen LogP contribution is 2.26. The van der Waals surface area contributed by atoms with Crippen LogP contribution in [-0.2, 0) is 19.6 Å². The molecule has 0 heterocycles. The Bertz CT molecular complexity index is 1020. The van der Waals surface area contributed by atoms with Crippen LogP contribution >= 0.6 is 0 Å². The van der Waals surface area contributed by atoms with Gasteiger partial charge in [-0.2, -0.15) is 4.41 Å². The maximum absolute atomic E-state index is 13.2. The Morgan fingerprint density at radius 2 is 1.56 bits per heavy atom. The number of benzene rings is 2. The molecule has 0 aliphatic rings. The third-order valence-corrected chi connectivity index (χ3v) is 5.86. The number of hydrogen-bond acceptors (Lipinski definition) is 4. The quantitative estimate of drug-likeness (QED) is 0.496. The van der Waals surface area contributed by atoms with Crippen molar-refractivity contribution in [1.82, 2.24) is 5.43 Å². The molecule has 8 heteroatoms. The van der Waals surface area contributed by atoms with Crippen LogP contribution in [0.15, 0.2) is 66.7 Å². The summed E-state index contributed by atoms with van der Waals surface area (Å²) >= 11 is 0. The van der Waals surface area contributed by atoms with E-state index in [1.807, 2.05) is 50.3 Å². The number of carbonyl (C=O) groups excluding carboxylic acids is 1. The maximum Gasteiger partial charge on any atom is 0.307 e. The van der Waals surface area contributed by atoms with Crippen molar-refractivity contribution < 1.29 is 23.1 Å². The van der Waals surface area contributed by atoms with Crippen LogP contribution in [0.1, 0.15) is 32.3 Å².